The maximum absolute atomic E-state index is 14.1. The lowest BCUT2D eigenvalue weighted by Crippen LogP contribution is -2.23. The Morgan fingerprint density at radius 1 is 1.47 bits per heavy atom. The summed E-state index contributed by atoms with van der Waals surface area (Å²) in [5, 5.41) is 9.34. The van der Waals surface area contributed by atoms with Gasteiger partial charge in [-0.3, -0.25) is 4.57 Å². The van der Waals surface area contributed by atoms with Crippen LogP contribution in [0.4, 0.5) is 10.2 Å². The topological polar surface area (TPSA) is 99.1 Å². The quantitative estimate of drug-likeness (QED) is 0.731. The predicted octanol–water partition coefficient (Wildman–Crippen LogP) is 0.288. The number of hydrogen-bond donors (Lipinski definition) is 2. The Morgan fingerprint density at radius 2 is 2.26 bits per heavy atom. The Morgan fingerprint density at radius 3 is 2.95 bits per heavy atom. The van der Waals surface area contributed by atoms with E-state index in [0.29, 0.717) is 11.2 Å². The van der Waals surface area contributed by atoms with Crippen LogP contribution >= 0.6 is 11.6 Å². The number of hydrogen-bond acceptors (Lipinski definition) is 6. The number of imidazole rings is 1. The molecule has 2 unspecified atom stereocenters. The van der Waals surface area contributed by atoms with Gasteiger partial charge >= 0.3 is 0 Å². The molecule has 0 radical (unpaired) electrons. The van der Waals surface area contributed by atoms with Crippen LogP contribution in [0.1, 0.15) is 6.23 Å². The largest absolute Gasteiger partial charge is 0.390 e. The van der Waals surface area contributed by atoms with Crippen LogP contribution in [0.15, 0.2) is 6.33 Å². The molecule has 1 saturated carbocycles. The molecule has 1 aliphatic heterocycles. The fourth-order valence-electron chi connectivity index (χ4n) is 2.57. The molecule has 19 heavy (non-hydrogen) atoms. The first-order chi connectivity index (χ1) is 9.08. The van der Waals surface area contributed by atoms with Crippen LogP contribution in [0.25, 0.3) is 11.2 Å². The Labute approximate surface area is 111 Å². The number of halogens is 2. The molecular weight excluding hydrogens is 277 g/mol. The van der Waals surface area contributed by atoms with E-state index >= 15 is 0 Å². The third-order valence-corrected chi connectivity index (χ3v) is 3.77. The highest BCUT2D eigenvalue weighted by molar-refractivity contribution is 6.28. The van der Waals surface area contributed by atoms with Gasteiger partial charge in [0.15, 0.2) is 23.9 Å². The zero-order chi connectivity index (χ0) is 13.3. The number of nitrogens with zero attached hydrogens (tertiary/aromatic N) is 4. The number of ether oxygens (including phenoxy) is 1. The molecule has 100 valence electrons. The van der Waals surface area contributed by atoms with Crippen molar-refractivity contribution >= 4 is 28.6 Å². The van der Waals surface area contributed by atoms with Crippen LogP contribution in [-0.4, -0.2) is 43.0 Å². The minimum absolute atomic E-state index is 0.0367. The molecular formula is C10H9ClFN5O2. The summed E-state index contributed by atoms with van der Waals surface area (Å²) in [5.41, 5.74) is 6.34. The van der Waals surface area contributed by atoms with Gasteiger partial charge in [-0.2, -0.15) is 9.97 Å². The average molecular weight is 286 g/mol. The minimum Gasteiger partial charge on any atom is -0.390 e. The van der Waals surface area contributed by atoms with E-state index in [2.05, 4.69) is 15.0 Å². The van der Waals surface area contributed by atoms with Crippen LogP contribution < -0.4 is 5.73 Å². The third-order valence-electron chi connectivity index (χ3n) is 3.60. The highest BCUT2D eigenvalue weighted by atomic mass is 35.5. The number of nitrogens with two attached hydrogens (primary N) is 1. The molecule has 2 aromatic rings. The lowest BCUT2D eigenvalue weighted by Gasteiger charge is -2.18. The first-order valence-electron chi connectivity index (χ1n) is 5.71. The van der Waals surface area contributed by atoms with Crippen molar-refractivity contribution in [2.75, 3.05) is 5.73 Å². The fourth-order valence-corrected chi connectivity index (χ4v) is 2.74. The van der Waals surface area contributed by atoms with E-state index < -0.39 is 30.5 Å². The molecule has 5 atom stereocenters. The molecule has 2 aromatic heterocycles. The van der Waals surface area contributed by atoms with E-state index in [0.717, 1.165) is 0 Å². The van der Waals surface area contributed by atoms with Gasteiger partial charge in [0, 0.05) is 0 Å². The van der Waals surface area contributed by atoms with Gasteiger partial charge in [-0.05, 0) is 11.6 Å². The molecule has 4 rings (SSSR count). The Hall–Kier alpha value is -1.51. The van der Waals surface area contributed by atoms with Gasteiger partial charge < -0.3 is 15.6 Å². The Bertz CT molecular complexity index is 679. The van der Waals surface area contributed by atoms with Gasteiger partial charge in [0.2, 0.25) is 5.28 Å². The van der Waals surface area contributed by atoms with Gasteiger partial charge in [-0.15, -0.1) is 0 Å². The van der Waals surface area contributed by atoms with Gasteiger partial charge in [0.05, 0.1) is 24.5 Å². The van der Waals surface area contributed by atoms with Crippen molar-refractivity contribution in [3.05, 3.63) is 11.6 Å². The van der Waals surface area contributed by atoms with E-state index in [1.165, 1.54) is 10.9 Å². The summed E-state index contributed by atoms with van der Waals surface area (Å²) in [6, 6.07) is 0. The van der Waals surface area contributed by atoms with Gasteiger partial charge in [-0.25, -0.2) is 9.37 Å². The zero-order valence-electron chi connectivity index (χ0n) is 9.44. The molecule has 1 aliphatic carbocycles. The number of aliphatic hydroxyl groups excluding tert-OH is 1. The van der Waals surface area contributed by atoms with E-state index in [4.69, 9.17) is 22.1 Å². The highest BCUT2D eigenvalue weighted by Gasteiger charge is 2.65. The maximum atomic E-state index is 14.1. The molecule has 0 amide bonds. The summed E-state index contributed by atoms with van der Waals surface area (Å²) < 4.78 is 21.0. The van der Waals surface area contributed by atoms with Crippen LogP contribution in [0, 0.1) is 5.92 Å². The summed E-state index contributed by atoms with van der Waals surface area (Å²) in [6.07, 6.45) is -1.96. The predicted molar refractivity (Wildman–Crippen MR) is 63.0 cm³/mol. The molecule has 0 aromatic carbocycles. The molecule has 3 heterocycles. The molecule has 1 saturated heterocycles. The lowest BCUT2D eigenvalue weighted by atomic mass is 10.2. The maximum Gasteiger partial charge on any atom is 0.226 e. The van der Waals surface area contributed by atoms with E-state index in [9.17, 15) is 9.50 Å². The molecule has 2 fully saturated rings. The van der Waals surface area contributed by atoms with Crippen molar-refractivity contribution in [1.29, 1.82) is 0 Å². The first-order valence-corrected chi connectivity index (χ1v) is 6.09. The fraction of sp³-hybridized carbons (Fsp3) is 0.500. The van der Waals surface area contributed by atoms with Crippen LogP contribution in [0.5, 0.6) is 0 Å². The van der Waals surface area contributed by atoms with E-state index in [-0.39, 0.29) is 11.1 Å². The number of anilines is 1. The van der Waals surface area contributed by atoms with E-state index in [1.54, 1.807) is 0 Å². The standard InChI is InChI=1S/C10H9ClFN5O2/c11-10-15-7(13)4-8(16-10)17(1-14-4)9-3(12)2-5(18)6(2)19-9/h1-3,5-6,9,18H,(H2,13,15,16)/t2?,3-,5?,6-,9+/m0/s1. The summed E-state index contributed by atoms with van der Waals surface area (Å²) >= 11 is 5.74. The minimum atomic E-state index is -1.31. The van der Waals surface area contributed by atoms with Crippen molar-refractivity contribution in [3.8, 4) is 0 Å². The van der Waals surface area contributed by atoms with Crippen molar-refractivity contribution in [2.45, 2.75) is 24.6 Å². The Balaban J connectivity index is 1.80. The summed E-state index contributed by atoms with van der Waals surface area (Å²) in [7, 11) is 0. The lowest BCUT2D eigenvalue weighted by molar-refractivity contribution is -0.0414. The number of aromatic nitrogens is 4. The SMILES string of the molecule is Nc1nc(Cl)nc2c1ncn2[C@@H]1O[C@@H]2C(O)C2[C@@H]1F. The third kappa shape index (κ3) is 1.41. The number of aliphatic hydroxyl groups is 1. The zero-order valence-corrected chi connectivity index (χ0v) is 10.2. The normalized spacial score (nSPS) is 36.7. The van der Waals surface area contributed by atoms with Crippen molar-refractivity contribution in [2.24, 2.45) is 5.92 Å². The molecule has 3 N–H and O–H groups in total. The van der Waals surface area contributed by atoms with Crippen LogP contribution in [-0.2, 0) is 4.74 Å². The van der Waals surface area contributed by atoms with Gasteiger partial charge in [-0.1, -0.05) is 0 Å². The first kappa shape index (κ1) is 11.3. The summed E-state index contributed by atoms with van der Waals surface area (Å²) in [5.74, 6) is -0.343. The molecule has 7 nitrogen and oxygen atoms in total. The average Bonchev–Trinajstić information content (AvgIpc) is 2.72. The van der Waals surface area contributed by atoms with E-state index in [1.807, 2.05) is 0 Å². The number of rotatable bonds is 1. The second-order valence-corrected chi connectivity index (χ2v) is 5.04. The second kappa shape index (κ2) is 3.53. The highest BCUT2D eigenvalue weighted by Crippen LogP contribution is 2.51. The smallest absolute Gasteiger partial charge is 0.226 e. The van der Waals surface area contributed by atoms with Gasteiger partial charge in [0.25, 0.3) is 0 Å². The van der Waals surface area contributed by atoms with Gasteiger partial charge in [0.1, 0.15) is 5.52 Å². The second-order valence-electron chi connectivity index (χ2n) is 4.71. The summed E-state index contributed by atoms with van der Waals surface area (Å²) in [6.45, 7) is 0. The Kier molecular flexibility index (Phi) is 2.10. The number of fused-ring (bicyclic) bond motifs is 2. The number of alkyl halides is 1. The monoisotopic (exact) mass is 285 g/mol. The molecule has 0 bridgehead atoms. The summed E-state index contributed by atoms with van der Waals surface area (Å²) in [4.78, 5) is 11.8. The van der Waals surface area contributed by atoms with Crippen molar-refractivity contribution in [1.82, 2.24) is 19.5 Å². The molecule has 9 heteroatoms. The van der Waals surface area contributed by atoms with Crippen molar-refractivity contribution < 1.29 is 14.2 Å². The van der Waals surface area contributed by atoms with Crippen LogP contribution in [0.2, 0.25) is 5.28 Å². The number of nitrogen functional groups attached to an aromatic ring is 1. The molecule has 0 spiro atoms. The van der Waals surface area contributed by atoms with Crippen molar-refractivity contribution in [3.63, 3.8) is 0 Å². The van der Waals surface area contributed by atoms with Crippen LogP contribution in [0.3, 0.4) is 0 Å². The molecule has 2 aliphatic rings.